The zero-order valence-corrected chi connectivity index (χ0v) is 85.6. The molecule has 0 radical (unpaired) electrons. The van der Waals surface area contributed by atoms with Crippen molar-refractivity contribution >= 4 is 177 Å². The molecule has 17 nitrogen and oxygen atoms in total. The molecule has 0 aliphatic carbocycles. The van der Waals surface area contributed by atoms with Gasteiger partial charge in [-0.15, -0.1) is 11.6 Å². The monoisotopic (exact) mass is 2170 g/mol. The molecule has 0 saturated heterocycles. The van der Waals surface area contributed by atoms with Gasteiger partial charge in [-0.3, -0.25) is 0 Å². The first-order valence-corrected chi connectivity index (χ1v) is 51.6. The van der Waals surface area contributed by atoms with Gasteiger partial charge in [0.15, 0.2) is 11.6 Å². The summed E-state index contributed by atoms with van der Waals surface area (Å²) in [5.41, 5.74) is 29.9. The number of fused-ring (bicyclic) bond motifs is 18. The van der Waals surface area contributed by atoms with E-state index in [0.29, 0.717) is 41.2 Å². The van der Waals surface area contributed by atoms with E-state index in [0.717, 1.165) is 156 Å². The first-order valence-electron chi connectivity index (χ1n) is 47.2. The summed E-state index contributed by atoms with van der Waals surface area (Å²) >= 11 is 41.2. The van der Waals surface area contributed by atoms with Gasteiger partial charge in [-0.2, -0.15) is 0 Å². The number of benzene rings is 13. The molecule has 6 aliphatic heterocycles. The Bertz CT molecular complexity index is 7730. The summed E-state index contributed by atoms with van der Waals surface area (Å²) in [6.07, 6.45) is 5.80. The fourth-order valence-corrected chi connectivity index (χ4v) is 22.5. The minimum atomic E-state index is -0.830. The fraction of sp³-hybridized carbons (Fsp3) is 0.202. The van der Waals surface area contributed by atoms with Gasteiger partial charge >= 0.3 is 6.03 Å². The highest BCUT2D eigenvalue weighted by atomic mass is 79.9. The second-order valence-electron chi connectivity index (χ2n) is 35.7. The van der Waals surface area contributed by atoms with Crippen molar-refractivity contribution in [3.8, 4) is 17.2 Å². The lowest BCUT2D eigenvalue weighted by atomic mass is 9.92. The number of halogens is 10. The van der Waals surface area contributed by atoms with Crippen LogP contribution in [0.4, 0.5) is 13.6 Å². The largest absolute Gasteiger partial charge is 0.497 e. The molecule has 141 heavy (non-hydrogen) atoms. The van der Waals surface area contributed by atoms with Crippen molar-refractivity contribution in [2.24, 2.45) is 0 Å². The van der Waals surface area contributed by atoms with Crippen LogP contribution in [0.25, 0.3) is 65.4 Å². The van der Waals surface area contributed by atoms with E-state index < -0.39 is 11.6 Å². The number of alkyl halides is 1. The van der Waals surface area contributed by atoms with Crippen molar-refractivity contribution in [3.63, 3.8) is 0 Å². The Kier molecular flexibility index (Phi) is 30.0. The molecule has 25 rings (SSSR count). The van der Waals surface area contributed by atoms with Gasteiger partial charge in [0.1, 0.15) is 23.9 Å². The summed E-state index contributed by atoms with van der Waals surface area (Å²) in [5, 5.41) is 31.1. The second kappa shape index (κ2) is 43.6. The molecule has 12 N–H and O–H groups in total. The zero-order valence-electron chi connectivity index (χ0n) is 77.1. The maximum Gasteiger partial charge on any atom is 0.318 e. The summed E-state index contributed by atoms with van der Waals surface area (Å²) in [6.45, 7) is 6.33. The van der Waals surface area contributed by atoms with Crippen LogP contribution in [-0.2, 0) is 45.1 Å². The predicted octanol–water partition coefficient (Wildman–Crippen LogP) is 27.9. The van der Waals surface area contributed by atoms with Crippen molar-refractivity contribution in [2.45, 2.75) is 81.4 Å². The van der Waals surface area contributed by atoms with E-state index in [2.05, 4.69) is 261 Å². The Morgan fingerprint density at radius 1 is 0.348 bits per heavy atom. The number of aromatic nitrogens is 6. The smallest absolute Gasteiger partial charge is 0.318 e. The standard InChI is InChI=1S/C24H21ClN2O.C21H21Cl2N3O2.C18H17BrN2O.C17H14Br2N2.C17H13ClF2N2.C17H15ClN2/c25-18-8-11-22-21(14-18)20-12-13-26-23(24(20)27-22)17-6-9-19(10-7-17)28-15-16-4-2-1-3-5-16;1-28-15-5-2-13(3-6-15)20-19-16(8-11-26(20)21(27)24-10-9-22)17-12-14(23)4-7-18(17)25-19;1-22-13-5-2-11(3-6-13)17-18-14(8-9-20-17)15-10-12(19)4-7-16(15)21-18;18-11-3-1-2-10(8-11)16-17-13(6-7-20-16)14-9-12(19)4-5-15(14)21-17;18-10-2-4-15-12(8-10)11-5-6-21-16(17(11)22-15)9-1-3-13(19)14(20)7-9;18-12-6-7-15-14(10-12)13-8-9-19-16(17(13)20-15)11-4-2-1-3-5-11/h1-11,14,23,26-27H,12-13,15H2;2-7,12,20,25H,8-11H2,1H3,(H,24,27);2-7,10,17,20-21H,8-9H2,1H3;1-5,8-9,16,20-21H,6-7H2;1-4,7-8,16,21-22H,5-6H2;1-7,10,16,19-20H,8-9H2. The van der Waals surface area contributed by atoms with Crippen molar-refractivity contribution in [1.82, 2.24) is 66.7 Å². The average molecular weight is 2170 g/mol. The lowest BCUT2D eigenvalue weighted by Crippen LogP contribution is -2.46. The Balaban J connectivity index is 0.000000104. The minimum absolute atomic E-state index is 0.121. The summed E-state index contributed by atoms with van der Waals surface area (Å²) in [4.78, 5) is 36.0. The molecular formula is C114H101Br3Cl5F2N13O4. The van der Waals surface area contributed by atoms with E-state index in [1.165, 1.54) is 134 Å². The van der Waals surface area contributed by atoms with Gasteiger partial charge in [-0.25, -0.2) is 13.6 Å². The highest BCUT2D eigenvalue weighted by Crippen LogP contribution is 2.45. The quantitative estimate of drug-likeness (QED) is 0.0494. The van der Waals surface area contributed by atoms with Gasteiger partial charge < -0.3 is 80.9 Å². The van der Waals surface area contributed by atoms with Crippen LogP contribution in [0.15, 0.2) is 299 Å². The molecule has 12 heterocycles. The highest BCUT2D eigenvalue weighted by molar-refractivity contribution is 9.11. The Morgan fingerprint density at radius 2 is 0.681 bits per heavy atom. The number of nitrogens with one attached hydrogen (secondary N) is 12. The third kappa shape index (κ3) is 21.1. The second-order valence-corrected chi connectivity index (χ2v) is 40.6. The van der Waals surface area contributed by atoms with Crippen LogP contribution < -0.4 is 46.1 Å². The van der Waals surface area contributed by atoms with E-state index >= 15 is 0 Å². The summed E-state index contributed by atoms with van der Waals surface area (Å²) in [7, 11) is 3.34. The number of carbonyl (C=O) groups excluding carboxylic acids is 1. The summed E-state index contributed by atoms with van der Waals surface area (Å²) < 4.78 is 46.5. The maximum absolute atomic E-state index is 13.5. The van der Waals surface area contributed by atoms with E-state index in [1.54, 1.807) is 20.3 Å². The SMILES string of the molecule is Brc1cccc(C2NCCc3c2[nH]c2ccc(Br)cc32)c1.COc1ccc(C2NCCc3c2[nH]c2ccc(Br)cc32)cc1.COc1ccc(C2c3[nH]c4ccc(Cl)cc4c3CCN2C(=O)NCCCl)cc1.Clc1ccc2[nH]c3c(c2c1)CCNC3c1ccc(OCc2ccccc2)cc1.Clc1ccc2[nH]c3c(c2c1)CCNC3c1ccccc1.Fc1ccc(C2NCCc3c2[nH]c2ccc(Cl)cc32)cc1F. The summed E-state index contributed by atoms with van der Waals surface area (Å²) in [6, 6.07) is 94.8. The molecule has 2 amide bonds. The summed E-state index contributed by atoms with van der Waals surface area (Å²) in [5.74, 6) is 1.27. The van der Waals surface area contributed by atoms with Crippen LogP contribution in [0.3, 0.4) is 0 Å². The van der Waals surface area contributed by atoms with E-state index in [4.69, 9.17) is 72.2 Å². The molecule has 19 aromatic rings. The molecule has 0 fully saturated rings. The third-order valence-electron chi connectivity index (χ3n) is 27.2. The minimum Gasteiger partial charge on any atom is -0.497 e. The molecule has 6 unspecified atom stereocenters. The molecule has 13 aromatic carbocycles. The number of nitrogens with zero attached hydrogens (tertiary/aromatic N) is 1. The molecule has 0 saturated carbocycles. The molecule has 6 aliphatic rings. The van der Waals surface area contributed by atoms with Crippen molar-refractivity contribution in [1.29, 1.82) is 0 Å². The van der Waals surface area contributed by atoms with E-state index in [-0.39, 0.29) is 42.3 Å². The number of hydrogen-bond donors (Lipinski definition) is 12. The normalized spacial score (nSPS) is 17.1. The number of aromatic amines is 6. The number of urea groups is 1. The first kappa shape index (κ1) is 96.8. The van der Waals surface area contributed by atoms with Gasteiger partial charge in [0.25, 0.3) is 0 Å². The van der Waals surface area contributed by atoms with Crippen molar-refractivity contribution in [2.75, 3.05) is 65.9 Å². The van der Waals surface area contributed by atoms with Gasteiger partial charge in [0, 0.05) is 185 Å². The van der Waals surface area contributed by atoms with Crippen LogP contribution >= 0.6 is 106 Å². The molecule has 0 spiro atoms. The van der Waals surface area contributed by atoms with E-state index in [9.17, 15) is 13.6 Å². The molecule has 6 aromatic heterocycles. The third-order valence-corrected chi connectivity index (χ3v) is 29.8. The molecule has 27 heteroatoms. The number of methoxy groups -OCH3 is 2. The molecular weight excluding hydrogens is 2070 g/mol. The number of amides is 2. The number of carbonyl (C=O) groups is 1. The number of H-pyrrole nitrogens is 6. The Labute approximate surface area is 865 Å². The predicted molar refractivity (Wildman–Crippen MR) is 579 cm³/mol. The van der Waals surface area contributed by atoms with Crippen LogP contribution in [0.5, 0.6) is 17.2 Å². The molecule has 0 bridgehead atoms. The van der Waals surface area contributed by atoms with Crippen LogP contribution in [0, 0.1) is 11.6 Å². The Hall–Kier alpha value is -11.7. The molecule has 6 atom stereocenters. The maximum atomic E-state index is 13.5. The lowest BCUT2D eigenvalue weighted by molar-refractivity contribution is 0.180. The number of hydrogen-bond acceptors (Lipinski definition) is 9. The lowest BCUT2D eigenvalue weighted by Gasteiger charge is -2.36. The molecule has 716 valence electrons. The zero-order chi connectivity index (χ0) is 96.9. The van der Waals surface area contributed by atoms with Crippen LogP contribution in [0.1, 0.15) is 143 Å². The van der Waals surface area contributed by atoms with Gasteiger partial charge in [0.05, 0.1) is 50.5 Å². The van der Waals surface area contributed by atoms with Gasteiger partial charge in [0.2, 0.25) is 0 Å². The first-order chi connectivity index (χ1) is 68.8. The highest BCUT2D eigenvalue weighted by Gasteiger charge is 2.37. The average Bonchev–Trinajstić information content (AvgIpc) is 1.60. The number of rotatable bonds is 13. The van der Waals surface area contributed by atoms with Crippen molar-refractivity contribution in [3.05, 3.63) is 437 Å². The van der Waals surface area contributed by atoms with Gasteiger partial charge in [-0.1, -0.05) is 209 Å². The van der Waals surface area contributed by atoms with Gasteiger partial charge in [-0.05, 0) is 281 Å². The van der Waals surface area contributed by atoms with Crippen LogP contribution in [-0.4, -0.2) is 107 Å². The van der Waals surface area contributed by atoms with Crippen molar-refractivity contribution < 1.29 is 27.8 Å². The van der Waals surface area contributed by atoms with Crippen LogP contribution in [0.2, 0.25) is 20.1 Å². The number of ether oxygens (including phenoxy) is 3. The fourth-order valence-electron chi connectivity index (χ4n) is 20.6. The Morgan fingerprint density at radius 3 is 1.08 bits per heavy atom. The topological polar surface area (TPSA) is 215 Å². The van der Waals surface area contributed by atoms with E-state index in [1.807, 2.05) is 120 Å².